The van der Waals surface area contributed by atoms with E-state index in [1.807, 2.05) is 0 Å². The fraction of sp³-hybridized carbons (Fsp3) is 0. The van der Waals surface area contributed by atoms with Crippen molar-refractivity contribution in [2.24, 2.45) is 0 Å². The van der Waals surface area contributed by atoms with E-state index in [0.717, 1.165) is 12.1 Å². The molecule has 0 amide bonds. The van der Waals surface area contributed by atoms with Crippen molar-refractivity contribution in [3.63, 3.8) is 0 Å². The largest absolute Gasteiger partial charge is 0.762 e. The molecule has 0 fully saturated rings. The number of nitro benzene ring substituents is 1. The van der Waals surface area contributed by atoms with E-state index < -0.39 is 16.5 Å². The summed E-state index contributed by atoms with van der Waals surface area (Å²) in [5.74, 6) is 0.298. The van der Waals surface area contributed by atoms with Gasteiger partial charge in [-0.05, 0) is 12.1 Å². The molecule has 7 nitrogen and oxygen atoms in total. The third-order valence-corrected chi connectivity index (χ3v) is 1.69. The second kappa shape index (κ2) is 5.21. The molecule has 0 aliphatic rings. The number of carbonyl (C=O) groups excluding carboxylic acids is 1. The Hall–Kier alpha value is -2.97. The quantitative estimate of drug-likeness (QED) is 0.147. The molecule has 0 atom stereocenters. The van der Waals surface area contributed by atoms with Crippen LogP contribution in [-0.2, 0) is 4.79 Å². The van der Waals surface area contributed by atoms with Crippen molar-refractivity contribution in [2.45, 2.75) is 0 Å². The summed E-state index contributed by atoms with van der Waals surface area (Å²) in [5.41, 5.74) is -0.849. The number of esters is 1. The van der Waals surface area contributed by atoms with Crippen LogP contribution in [0.4, 0.5) is 5.69 Å². The van der Waals surface area contributed by atoms with Crippen LogP contribution in [0.3, 0.4) is 0 Å². The zero-order valence-corrected chi connectivity index (χ0v) is 8.28. The number of nitro groups is 1. The lowest BCUT2D eigenvalue weighted by atomic mass is 10.3. The van der Waals surface area contributed by atoms with Gasteiger partial charge in [0.2, 0.25) is 0 Å². The van der Waals surface area contributed by atoms with Crippen molar-refractivity contribution in [2.75, 3.05) is 0 Å². The Morgan fingerprint density at radius 2 is 2.00 bits per heavy atom. The van der Waals surface area contributed by atoms with Gasteiger partial charge in [0.25, 0.3) is 5.69 Å². The molecule has 0 aliphatic heterocycles. The Balaban J connectivity index is 2.84. The SMILES string of the molecule is N#CC(=C=[N-])C(=O)Oc1ccc([N+](=O)[O-])cc1. The maximum Gasteiger partial charge on any atom is 0.360 e. The van der Waals surface area contributed by atoms with E-state index in [4.69, 9.17) is 10.7 Å². The summed E-state index contributed by atoms with van der Waals surface area (Å²) < 4.78 is 4.65. The summed E-state index contributed by atoms with van der Waals surface area (Å²) >= 11 is 0. The van der Waals surface area contributed by atoms with Crippen molar-refractivity contribution >= 4 is 17.5 Å². The first-order chi connectivity index (χ1) is 8.08. The molecule has 0 unspecified atom stereocenters. The average molecular weight is 230 g/mol. The van der Waals surface area contributed by atoms with Gasteiger partial charge in [-0.2, -0.15) is 5.26 Å². The molecule has 0 spiro atoms. The molecule has 1 aromatic rings. The van der Waals surface area contributed by atoms with Gasteiger partial charge in [-0.25, -0.2) is 10.7 Å². The Bertz CT molecular complexity index is 550. The Kier molecular flexibility index (Phi) is 3.71. The van der Waals surface area contributed by atoms with Crippen LogP contribution in [0.5, 0.6) is 5.75 Å². The molecule has 0 heterocycles. The van der Waals surface area contributed by atoms with E-state index in [2.05, 4.69) is 4.74 Å². The number of benzene rings is 1. The number of rotatable bonds is 3. The fourth-order valence-corrected chi connectivity index (χ4v) is 0.910. The number of hydrogen-bond acceptors (Lipinski definition) is 5. The monoisotopic (exact) mass is 230 g/mol. The second-order valence-electron chi connectivity index (χ2n) is 2.74. The third-order valence-electron chi connectivity index (χ3n) is 1.69. The summed E-state index contributed by atoms with van der Waals surface area (Å²) in [6, 6.07) is 6.05. The number of non-ortho nitro benzene ring substituents is 1. The van der Waals surface area contributed by atoms with E-state index >= 15 is 0 Å². The van der Waals surface area contributed by atoms with Gasteiger partial charge in [0.05, 0.1) is 4.92 Å². The fourth-order valence-electron chi connectivity index (χ4n) is 0.910. The number of carbonyl (C=O) groups is 1. The van der Waals surface area contributed by atoms with Crippen molar-refractivity contribution < 1.29 is 14.5 Å². The van der Waals surface area contributed by atoms with Gasteiger partial charge in [0.1, 0.15) is 11.8 Å². The van der Waals surface area contributed by atoms with Crippen molar-refractivity contribution in [1.29, 1.82) is 5.26 Å². The number of ether oxygens (including phenoxy) is 1. The molecule has 1 aromatic carbocycles. The van der Waals surface area contributed by atoms with Crippen LogP contribution >= 0.6 is 0 Å². The zero-order valence-electron chi connectivity index (χ0n) is 8.28. The molecule has 0 N–H and O–H groups in total. The van der Waals surface area contributed by atoms with Crippen molar-refractivity contribution in [3.8, 4) is 11.8 Å². The normalized spacial score (nSPS) is 8.65. The minimum absolute atomic E-state index is 0.0172. The van der Waals surface area contributed by atoms with Crippen molar-refractivity contribution in [3.05, 3.63) is 45.4 Å². The highest BCUT2D eigenvalue weighted by Gasteiger charge is 2.11. The van der Waals surface area contributed by atoms with E-state index in [9.17, 15) is 14.9 Å². The Morgan fingerprint density at radius 1 is 1.41 bits per heavy atom. The highest BCUT2D eigenvalue weighted by molar-refractivity contribution is 6.03. The molecule has 0 radical (unpaired) electrons. The highest BCUT2D eigenvalue weighted by atomic mass is 16.6. The summed E-state index contributed by atoms with van der Waals surface area (Å²) in [4.78, 5) is 20.9. The first kappa shape index (κ1) is 12.1. The Labute approximate surface area is 95.2 Å². The summed E-state index contributed by atoms with van der Waals surface area (Å²) in [6.07, 6.45) is 0. The van der Waals surface area contributed by atoms with E-state index in [1.54, 1.807) is 0 Å². The van der Waals surface area contributed by atoms with Crippen LogP contribution < -0.4 is 4.74 Å². The maximum absolute atomic E-state index is 11.2. The maximum atomic E-state index is 11.2. The lowest BCUT2D eigenvalue weighted by Gasteiger charge is -2.01. The van der Waals surface area contributed by atoms with Crippen molar-refractivity contribution in [1.82, 2.24) is 0 Å². The molecule has 17 heavy (non-hydrogen) atoms. The van der Waals surface area contributed by atoms with Gasteiger partial charge >= 0.3 is 5.97 Å². The summed E-state index contributed by atoms with van der Waals surface area (Å²) in [7, 11) is 0. The molecule has 7 heteroatoms. The van der Waals surface area contributed by atoms with Crippen LogP contribution in [0.1, 0.15) is 0 Å². The van der Waals surface area contributed by atoms with Crippen LogP contribution in [-0.4, -0.2) is 16.8 Å². The average Bonchev–Trinajstić information content (AvgIpc) is 2.31. The molecule has 0 saturated carbocycles. The van der Waals surface area contributed by atoms with Gasteiger partial charge in [-0.15, -0.1) is 0 Å². The summed E-state index contributed by atoms with van der Waals surface area (Å²) in [5, 5.41) is 27.1. The Morgan fingerprint density at radius 3 is 2.41 bits per heavy atom. The molecule has 84 valence electrons. The van der Waals surface area contributed by atoms with Gasteiger partial charge < -0.3 is 10.1 Å². The van der Waals surface area contributed by atoms with Gasteiger partial charge in [-0.1, -0.05) is 0 Å². The number of hydrogen-bond donors (Lipinski definition) is 0. The number of nitriles is 1. The second-order valence-corrected chi connectivity index (χ2v) is 2.74. The van der Waals surface area contributed by atoms with Gasteiger partial charge in [-0.3, -0.25) is 10.1 Å². The number of nitrogens with zero attached hydrogens (tertiary/aromatic N) is 3. The minimum Gasteiger partial charge on any atom is -0.762 e. The first-order valence-corrected chi connectivity index (χ1v) is 4.22. The molecule has 0 bridgehead atoms. The van der Waals surface area contributed by atoms with Crippen LogP contribution in [0.2, 0.25) is 0 Å². The minimum atomic E-state index is -1.09. The molecule has 0 saturated heterocycles. The molecular weight excluding hydrogens is 226 g/mol. The van der Waals surface area contributed by atoms with Gasteiger partial charge in [0, 0.05) is 12.1 Å². The van der Waals surface area contributed by atoms with Gasteiger partial charge in [0.15, 0.2) is 5.57 Å². The van der Waals surface area contributed by atoms with Crippen LogP contribution in [0.15, 0.2) is 29.8 Å². The van der Waals surface area contributed by atoms with Crippen LogP contribution in [0, 0.1) is 21.4 Å². The predicted molar refractivity (Wildman–Crippen MR) is 56.2 cm³/mol. The molecule has 0 aromatic heterocycles. The third kappa shape index (κ3) is 2.99. The van der Waals surface area contributed by atoms with E-state index in [0.29, 0.717) is 0 Å². The van der Waals surface area contributed by atoms with E-state index in [1.165, 1.54) is 24.1 Å². The van der Waals surface area contributed by atoms with E-state index in [-0.39, 0.29) is 11.4 Å². The molecule has 1 rings (SSSR count). The summed E-state index contributed by atoms with van der Waals surface area (Å²) in [6.45, 7) is 0. The zero-order chi connectivity index (χ0) is 12.8. The molecular formula is C10H4N3O4-. The predicted octanol–water partition coefficient (Wildman–Crippen LogP) is 1.19. The standard InChI is InChI=1S/C10H4N3O4/c11-5-7(6-12)10(14)17-9-3-1-8(2-4-9)13(15)16/h1-4H/q-1. The smallest absolute Gasteiger partial charge is 0.360 e. The lowest BCUT2D eigenvalue weighted by Crippen LogP contribution is -2.10. The van der Waals surface area contributed by atoms with Crippen LogP contribution in [0.25, 0.3) is 5.41 Å². The highest BCUT2D eigenvalue weighted by Crippen LogP contribution is 2.17. The lowest BCUT2D eigenvalue weighted by molar-refractivity contribution is -0.384. The first-order valence-electron chi connectivity index (χ1n) is 4.22. The topological polar surface area (TPSA) is 116 Å². The molecule has 0 aliphatic carbocycles.